The Morgan fingerprint density at radius 3 is 2.95 bits per heavy atom. The van der Waals surface area contributed by atoms with Crippen molar-refractivity contribution in [2.75, 3.05) is 0 Å². The van der Waals surface area contributed by atoms with Gasteiger partial charge >= 0.3 is 0 Å². The monoisotopic (exact) mass is 272 g/mol. The quantitative estimate of drug-likeness (QED) is 0.915. The van der Waals surface area contributed by atoms with Gasteiger partial charge in [0.15, 0.2) is 5.82 Å². The van der Waals surface area contributed by atoms with Crippen LogP contribution >= 0.6 is 0 Å². The van der Waals surface area contributed by atoms with E-state index in [4.69, 9.17) is 4.52 Å². The second kappa shape index (κ2) is 5.27. The molecule has 0 bridgehead atoms. The van der Waals surface area contributed by atoms with E-state index in [1.54, 1.807) is 12.1 Å². The highest BCUT2D eigenvalue weighted by molar-refractivity contribution is 5.61. The van der Waals surface area contributed by atoms with Gasteiger partial charge in [0.1, 0.15) is 5.75 Å². The Hall–Kier alpha value is -1.84. The molecule has 1 aromatic carbocycles. The standard InChI is InChI=1S/C16H20N2O2/c1-3-11-7-8-12(9-11)15-17-16(20-18-15)13-5-4-6-14(19)10(13)2/h4-6,11-12,19H,3,7-9H2,1-2H3. The van der Waals surface area contributed by atoms with Crippen LogP contribution in [0.15, 0.2) is 22.7 Å². The minimum Gasteiger partial charge on any atom is -0.508 e. The van der Waals surface area contributed by atoms with Crippen molar-refractivity contribution < 1.29 is 9.63 Å². The molecule has 4 nitrogen and oxygen atoms in total. The lowest BCUT2D eigenvalue weighted by molar-refractivity contribution is 0.413. The molecule has 0 saturated heterocycles. The van der Waals surface area contributed by atoms with Gasteiger partial charge < -0.3 is 9.63 Å². The van der Waals surface area contributed by atoms with Crippen LogP contribution in [-0.2, 0) is 0 Å². The molecule has 106 valence electrons. The molecule has 4 heteroatoms. The molecule has 1 aliphatic carbocycles. The van der Waals surface area contributed by atoms with Crippen LogP contribution in [0.4, 0.5) is 0 Å². The highest BCUT2D eigenvalue weighted by Gasteiger charge is 2.28. The van der Waals surface area contributed by atoms with E-state index in [1.165, 1.54) is 12.8 Å². The van der Waals surface area contributed by atoms with Crippen molar-refractivity contribution in [3.8, 4) is 17.2 Å². The molecule has 1 fully saturated rings. The number of benzene rings is 1. The van der Waals surface area contributed by atoms with E-state index in [0.717, 1.165) is 35.7 Å². The summed E-state index contributed by atoms with van der Waals surface area (Å²) in [6.45, 7) is 4.10. The van der Waals surface area contributed by atoms with E-state index in [1.807, 2.05) is 13.0 Å². The van der Waals surface area contributed by atoms with Crippen LogP contribution in [0.3, 0.4) is 0 Å². The molecule has 1 saturated carbocycles. The van der Waals surface area contributed by atoms with E-state index in [0.29, 0.717) is 11.8 Å². The van der Waals surface area contributed by atoms with E-state index in [2.05, 4.69) is 17.1 Å². The summed E-state index contributed by atoms with van der Waals surface area (Å²) >= 11 is 0. The third-order valence-corrected chi connectivity index (χ3v) is 4.46. The Kier molecular flexibility index (Phi) is 3.47. The first kappa shape index (κ1) is 13.2. The third kappa shape index (κ3) is 2.30. The lowest BCUT2D eigenvalue weighted by Gasteiger charge is -2.04. The number of aromatic hydroxyl groups is 1. The number of hydrogen-bond donors (Lipinski definition) is 1. The average molecular weight is 272 g/mol. The second-order valence-electron chi connectivity index (χ2n) is 5.69. The maximum Gasteiger partial charge on any atom is 0.258 e. The highest BCUT2D eigenvalue weighted by atomic mass is 16.5. The Morgan fingerprint density at radius 1 is 1.35 bits per heavy atom. The Labute approximate surface area is 118 Å². The maximum atomic E-state index is 9.76. The van der Waals surface area contributed by atoms with Crippen molar-refractivity contribution >= 4 is 0 Å². The first-order valence-corrected chi connectivity index (χ1v) is 7.31. The number of phenols is 1. The molecular formula is C16H20N2O2. The number of nitrogens with zero attached hydrogens (tertiary/aromatic N) is 2. The lowest BCUT2D eigenvalue weighted by atomic mass is 10.0. The molecule has 0 aliphatic heterocycles. The van der Waals surface area contributed by atoms with Gasteiger partial charge in [-0.3, -0.25) is 0 Å². The fraction of sp³-hybridized carbons (Fsp3) is 0.500. The molecular weight excluding hydrogens is 252 g/mol. The molecule has 2 atom stereocenters. The number of hydrogen-bond acceptors (Lipinski definition) is 4. The van der Waals surface area contributed by atoms with Crippen LogP contribution in [-0.4, -0.2) is 15.2 Å². The van der Waals surface area contributed by atoms with Crippen LogP contribution in [0, 0.1) is 12.8 Å². The first-order valence-electron chi connectivity index (χ1n) is 7.31. The van der Waals surface area contributed by atoms with Crippen molar-refractivity contribution in [2.45, 2.75) is 45.4 Å². The fourth-order valence-corrected chi connectivity index (χ4v) is 3.05. The smallest absolute Gasteiger partial charge is 0.258 e. The topological polar surface area (TPSA) is 59.2 Å². The zero-order chi connectivity index (χ0) is 14.1. The zero-order valence-electron chi connectivity index (χ0n) is 12.0. The van der Waals surface area contributed by atoms with Crippen molar-refractivity contribution in [2.24, 2.45) is 5.92 Å². The SMILES string of the molecule is CCC1CCC(c2noc(-c3cccc(O)c3C)n2)C1. The molecule has 2 unspecified atom stereocenters. The summed E-state index contributed by atoms with van der Waals surface area (Å²) in [5.41, 5.74) is 1.59. The minimum atomic E-state index is 0.258. The Bertz CT molecular complexity index is 606. The van der Waals surface area contributed by atoms with Crippen molar-refractivity contribution in [3.05, 3.63) is 29.6 Å². The predicted molar refractivity (Wildman–Crippen MR) is 76.5 cm³/mol. The van der Waals surface area contributed by atoms with Gasteiger partial charge in [0.25, 0.3) is 5.89 Å². The summed E-state index contributed by atoms with van der Waals surface area (Å²) in [6, 6.07) is 5.36. The fourth-order valence-electron chi connectivity index (χ4n) is 3.05. The molecule has 20 heavy (non-hydrogen) atoms. The summed E-state index contributed by atoms with van der Waals surface area (Å²) in [5.74, 6) is 2.81. The third-order valence-electron chi connectivity index (χ3n) is 4.46. The molecule has 0 radical (unpaired) electrons. The summed E-state index contributed by atoms with van der Waals surface area (Å²) < 4.78 is 5.40. The summed E-state index contributed by atoms with van der Waals surface area (Å²) in [7, 11) is 0. The lowest BCUT2D eigenvalue weighted by Crippen LogP contribution is -1.97. The summed E-state index contributed by atoms with van der Waals surface area (Å²) in [4.78, 5) is 4.54. The zero-order valence-corrected chi connectivity index (χ0v) is 12.0. The largest absolute Gasteiger partial charge is 0.508 e. The van der Waals surface area contributed by atoms with Crippen LogP contribution in [0.25, 0.3) is 11.5 Å². The normalized spacial score (nSPS) is 22.3. The number of aromatic nitrogens is 2. The second-order valence-corrected chi connectivity index (χ2v) is 5.69. The Morgan fingerprint density at radius 2 is 2.20 bits per heavy atom. The molecule has 3 rings (SSSR count). The van der Waals surface area contributed by atoms with Crippen LogP contribution in [0.2, 0.25) is 0 Å². The van der Waals surface area contributed by atoms with Crippen LogP contribution in [0.5, 0.6) is 5.75 Å². The summed E-state index contributed by atoms with van der Waals surface area (Å²) in [5, 5.41) is 13.9. The number of phenolic OH excluding ortho intramolecular Hbond substituents is 1. The predicted octanol–water partition coefficient (Wildman–Crippen LogP) is 4.04. The average Bonchev–Trinajstić information content (AvgIpc) is 3.09. The van der Waals surface area contributed by atoms with Crippen LogP contribution in [0.1, 0.15) is 49.9 Å². The van der Waals surface area contributed by atoms with Crippen molar-refractivity contribution in [3.63, 3.8) is 0 Å². The van der Waals surface area contributed by atoms with Gasteiger partial charge in [0.2, 0.25) is 0 Å². The molecule has 1 N–H and O–H groups in total. The molecule has 0 spiro atoms. The van der Waals surface area contributed by atoms with Gasteiger partial charge in [-0.1, -0.05) is 24.6 Å². The van der Waals surface area contributed by atoms with E-state index >= 15 is 0 Å². The minimum absolute atomic E-state index is 0.258. The van der Waals surface area contributed by atoms with E-state index < -0.39 is 0 Å². The van der Waals surface area contributed by atoms with Gasteiger partial charge in [0.05, 0.1) is 0 Å². The molecule has 0 amide bonds. The van der Waals surface area contributed by atoms with Crippen molar-refractivity contribution in [1.82, 2.24) is 10.1 Å². The van der Waals surface area contributed by atoms with Gasteiger partial charge in [-0.15, -0.1) is 0 Å². The molecule has 1 heterocycles. The van der Waals surface area contributed by atoms with E-state index in [9.17, 15) is 5.11 Å². The highest BCUT2D eigenvalue weighted by Crippen LogP contribution is 2.39. The number of rotatable bonds is 3. The molecule has 2 aromatic rings. The van der Waals surface area contributed by atoms with Gasteiger partial charge in [-0.25, -0.2) is 0 Å². The van der Waals surface area contributed by atoms with Crippen LogP contribution < -0.4 is 0 Å². The maximum absolute atomic E-state index is 9.76. The van der Waals surface area contributed by atoms with Gasteiger partial charge in [-0.05, 0) is 44.2 Å². The Balaban J connectivity index is 1.85. The molecule has 1 aromatic heterocycles. The van der Waals surface area contributed by atoms with E-state index in [-0.39, 0.29) is 5.75 Å². The van der Waals surface area contributed by atoms with Gasteiger partial charge in [0, 0.05) is 17.0 Å². The van der Waals surface area contributed by atoms with Gasteiger partial charge in [-0.2, -0.15) is 4.98 Å². The molecule has 1 aliphatic rings. The first-order chi connectivity index (χ1) is 9.69. The summed E-state index contributed by atoms with van der Waals surface area (Å²) in [6.07, 6.45) is 4.80. The van der Waals surface area contributed by atoms with Crippen molar-refractivity contribution in [1.29, 1.82) is 0 Å².